The zero-order chi connectivity index (χ0) is 27.1. The van der Waals surface area contributed by atoms with E-state index in [1.165, 1.54) is 11.8 Å². The predicted octanol–water partition coefficient (Wildman–Crippen LogP) is 5.02. The summed E-state index contributed by atoms with van der Waals surface area (Å²) in [6.45, 7) is 4.62. The number of hydrogen-bond acceptors (Lipinski definition) is 5. The van der Waals surface area contributed by atoms with E-state index in [2.05, 4.69) is 10.3 Å². The first-order valence-electron chi connectivity index (χ1n) is 12.4. The quantitative estimate of drug-likeness (QED) is 0.319. The molecule has 0 fully saturated rings. The number of carbonyl (C=O) groups is 3. The van der Waals surface area contributed by atoms with Crippen molar-refractivity contribution in [2.75, 3.05) is 11.9 Å². The lowest BCUT2D eigenvalue weighted by Crippen LogP contribution is -2.45. The van der Waals surface area contributed by atoms with Gasteiger partial charge in [0.1, 0.15) is 6.54 Å². The Morgan fingerprint density at radius 1 is 0.895 bits per heavy atom. The highest BCUT2D eigenvalue weighted by Gasteiger charge is 2.31. The molecule has 0 saturated heterocycles. The number of aromatic nitrogens is 2. The van der Waals surface area contributed by atoms with Crippen LogP contribution in [0.5, 0.6) is 0 Å². The highest BCUT2D eigenvalue weighted by atomic mass is 16.5. The molecule has 3 aromatic carbocycles. The largest absolute Gasteiger partial charge is 0.447 e. The lowest BCUT2D eigenvalue weighted by molar-refractivity contribution is -0.160. The molecule has 0 aliphatic heterocycles. The summed E-state index contributed by atoms with van der Waals surface area (Å²) in [6.07, 6.45) is 0.706. The summed E-state index contributed by atoms with van der Waals surface area (Å²) in [7, 11) is 0. The number of ether oxygens (including phenoxy) is 1. The van der Waals surface area contributed by atoms with Crippen LogP contribution in [0.1, 0.15) is 32.4 Å². The van der Waals surface area contributed by atoms with Gasteiger partial charge in [0, 0.05) is 36.0 Å². The minimum atomic E-state index is -1.15. The third-order valence-electron chi connectivity index (χ3n) is 5.89. The van der Waals surface area contributed by atoms with E-state index in [9.17, 15) is 14.4 Å². The lowest BCUT2D eigenvalue weighted by Gasteiger charge is -2.30. The molecule has 0 unspecified atom stereocenters. The Hall–Kier alpha value is -4.72. The molecule has 1 atom stereocenters. The molecule has 8 nitrogen and oxygen atoms in total. The van der Waals surface area contributed by atoms with Crippen LogP contribution < -0.4 is 5.32 Å². The van der Waals surface area contributed by atoms with Crippen LogP contribution in [0.3, 0.4) is 0 Å². The van der Waals surface area contributed by atoms with Crippen molar-refractivity contribution in [1.29, 1.82) is 0 Å². The summed E-state index contributed by atoms with van der Waals surface area (Å²) < 4.78 is 7.18. The van der Waals surface area contributed by atoms with Crippen LogP contribution in [0, 0.1) is 0 Å². The van der Waals surface area contributed by atoms with Crippen molar-refractivity contribution in [2.24, 2.45) is 0 Å². The van der Waals surface area contributed by atoms with E-state index in [4.69, 9.17) is 4.74 Å². The van der Waals surface area contributed by atoms with E-state index in [-0.39, 0.29) is 12.6 Å². The van der Waals surface area contributed by atoms with Crippen molar-refractivity contribution in [3.8, 4) is 16.9 Å². The second-order valence-corrected chi connectivity index (χ2v) is 9.03. The number of nitrogens with zero attached hydrogens (tertiary/aromatic N) is 3. The lowest BCUT2D eigenvalue weighted by atomic mass is 10.1. The average Bonchev–Trinajstić information content (AvgIpc) is 3.35. The molecule has 0 radical (unpaired) electrons. The number of carbonyl (C=O) groups excluding carboxylic acids is 3. The van der Waals surface area contributed by atoms with Crippen LogP contribution in [0.15, 0.2) is 97.2 Å². The second kappa shape index (κ2) is 12.0. The van der Waals surface area contributed by atoms with E-state index >= 15 is 0 Å². The van der Waals surface area contributed by atoms with Gasteiger partial charge in [0.25, 0.3) is 5.91 Å². The minimum Gasteiger partial charge on any atom is -0.447 e. The van der Waals surface area contributed by atoms with Crippen molar-refractivity contribution in [3.05, 3.63) is 103 Å². The fourth-order valence-electron chi connectivity index (χ4n) is 4.04. The highest BCUT2D eigenvalue weighted by Crippen LogP contribution is 2.25. The van der Waals surface area contributed by atoms with Crippen LogP contribution in [-0.4, -0.2) is 44.8 Å². The molecular weight excluding hydrogens is 480 g/mol. The van der Waals surface area contributed by atoms with Crippen LogP contribution in [0.25, 0.3) is 16.9 Å². The monoisotopic (exact) mass is 510 g/mol. The molecule has 0 aliphatic rings. The number of anilines is 1. The molecule has 0 aliphatic carbocycles. The van der Waals surface area contributed by atoms with Crippen molar-refractivity contribution in [1.82, 2.24) is 14.5 Å². The number of esters is 1. The van der Waals surface area contributed by atoms with Gasteiger partial charge in [-0.2, -0.15) is 0 Å². The standard InChI is InChI=1S/C30H30N4O4/c1-21(2)33(29(37)28(38-22(3)35)24-15-9-5-10-16-24)20-27(36)32-30-31-26(23-13-7-4-8-14-23)19-34(30)25-17-11-6-12-18-25/h4-19,21,28H,20H2,1-3H3,(H,31,32,36)/t28-/m0/s1. The number of benzene rings is 3. The maximum atomic E-state index is 13.5. The van der Waals surface area contributed by atoms with Crippen molar-refractivity contribution in [3.63, 3.8) is 0 Å². The fourth-order valence-corrected chi connectivity index (χ4v) is 4.04. The van der Waals surface area contributed by atoms with Crippen LogP contribution in [0.2, 0.25) is 0 Å². The summed E-state index contributed by atoms with van der Waals surface area (Å²) >= 11 is 0. The average molecular weight is 511 g/mol. The SMILES string of the molecule is CC(=O)O[C@H](C(=O)N(CC(=O)Nc1nc(-c2ccccc2)cn1-c1ccccc1)C(C)C)c1ccccc1. The number of para-hydroxylation sites is 1. The molecule has 4 aromatic rings. The third-order valence-corrected chi connectivity index (χ3v) is 5.89. The van der Waals surface area contributed by atoms with E-state index < -0.39 is 23.9 Å². The zero-order valence-corrected chi connectivity index (χ0v) is 21.6. The van der Waals surface area contributed by atoms with Gasteiger partial charge in [-0.1, -0.05) is 78.9 Å². The van der Waals surface area contributed by atoms with E-state index in [1.807, 2.05) is 72.9 Å². The first-order valence-corrected chi connectivity index (χ1v) is 12.4. The maximum Gasteiger partial charge on any atom is 0.303 e. The van der Waals surface area contributed by atoms with Gasteiger partial charge in [-0.05, 0) is 26.0 Å². The molecular formula is C30H30N4O4. The van der Waals surface area contributed by atoms with E-state index in [1.54, 1.807) is 42.7 Å². The Balaban J connectivity index is 1.60. The molecule has 0 saturated carbocycles. The number of nitrogens with one attached hydrogen (secondary N) is 1. The highest BCUT2D eigenvalue weighted by molar-refractivity contribution is 5.95. The molecule has 2 amide bonds. The van der Waals surface area contributed by atoms with Crippen LogP contribution in [0.4, 0.5) is 5.95 Å². The van der Waals surface area contributed by atoms with Gasteiger partial charge in [-0.15, -0.1) is 0 Å². The molecule has 8 heteroatoms. The van der Waals surface area contributed by atoms with E-state index in [0.29, 0.717) is 17.2 Å². The Kier molecular flexibility index (Phi) is 8.33. The van der Waals surface area contributed by atoms with Gasteiger partial charge in [0.05, 0.1) is 5.69 Å². The van der Waals surface area contributed by atoms with Gasteiger partial charge in [-0.25, -0.2) is 4.98 Å². The van der Waals surface area contributed by atoms with Gasteiger partial charge >= 0.3 is 5.97 Å². The number of imidazole rings is 1. The molecule has 194 valence electrons. The Labute approximate surface area is 221 Å². The number of rotatable bonds is 9. The summed E-state index contributed by atoms with van der Waals surface area (Å²) in [5.41, 5.74) is 2.96. The van der Waals surface area contributed by atoms with Gasteiger partial charge < -0.3 is 9.64 Å². The van der Waals surface area contributed by atoms with Crippen molar-refractivity contribution < 1.29 is 19.1 Å². The first-order chi connectivity index (χ1) is 18.3. The van der Waals surface area contributed by atoms with Crippen molar-refractivity contribution in [2.45, 2.75) is 32.9 Å². The normalized spacial score (nSPS) is 11.6. The zero-order valence-electron chi connectivity index (χ0n) is 21.6. The Morgan fingerprint density at radius 2 is 1.47 bits per heavy atom. The smallest absolute Gasteiger partial charge is 0.303 e. The molecule has 1 N–H and O–H groups in total. The predicted molar refractivity (Wildman–Crippen MR) is 145 cm³/mol. The Morgan fingerprint density at radius 3 is 2.05 bits per heavy atom. The molecule has 0 bridgehead atoms. The number of amides is 2. The summed E-state index contributed by atoms with van der Waals surface area (Å²) in [5, 5.41) is 2.87. The minimum absolute atomic E-state index is 0.247. The molecule has 0 spiro atoms. The van der Waals surface area contributed by atoms with E-state index in [0.717, 1.165) is 11.3 Å². The summed E-state index contributed by atoms with van der Waals surface area (Å²) in [5.74, 6) is -1.16. The second-order valence-electron chi connectivity index (χ2n) is 9.03. The van der Waals surface area contributed by atoms with Gasteiger partial charge in [0.2, 0.25) is 18.0 Å². The van der Waals surface area contributed by atoms with Crippen LogP contribution in [-0.2, 0) is 19.1 Å². The van der Waals surface area contributed by atoms with Gasteiger partial charge in [-0.3, -0.25) is 24.3 Å². The summed E-state index contributed by atoms with van der Waals surface area (Å²) in [4.78, 5) is 44.7. The number of hydrogen-bond donors (Lipinski definition) is 1. The molecule has 4 rings (SSSR count). The molecule has 1 aromatic heterocycles. The fraction of sp³-hybridized carbons (Fsp3) is 0.200. The van der Waals surface area contributed by atoms with Crippen LogP contribution >= 0.6 is 0 Å². The topological polar surface area (TPSA) is 93.5 Å². The maximum absolute atomic E-state index is 13.5. The van der Waals surface area contributed by atoms with Gasteiger partial charge in [0.15, 0.2) is 0 Å². The summed E-state index contributed by atoms with van der Waals surface area (Å²) in [6, 6.07) is 27.7. The molecule has 38 heavy (non-hydrogen) atoms. The first kappa shape index (κ1) is 26.3. The molecule has 1 heterocycles. The third kappa shape index (κ3) is 6.34. The Bertz CT molecular complexity index is 1390. The van der Waals surface area contributed by atoms with Crippen molar-refractivity contribution >= 4 is 23.7 Å².